The van der Waals surface area contributed by atoms with Crippen LogP contribution in [0.5, 0.6) is 35.7 Å². The van der Waals surface area contributed by atoms with Crippen LogP contribution < -0.4 is 60.3 Å². The Morgan fingerprint density at radius 3 is 0.735 bits per heavy atom. The summed E-state index contributed by atoms with van der Waals surface area (Å²) in [6.07, 6.45) is 3.93. The third-order valence-corrected chi connectivity index (χ3v) is 19.5. The molecule has 117 heavy (non-hydrogen) atoms. The fraction of sp³-hybridized carbons (Fsp3) is 0.704. The second-order valence-electron chi connectivity index (χ2n) is 33.3. The van der Waals surface area contributed by atoms with E-state index < -0.39 is 0 Å². The molecule has 0 spiro atoms. The molecular formula is C81H144N18O18. The average Bonchev–Trinajstić information content (AvgIpc) is 1.71. The fourth-order valence-corrected chi connectivity index (χ4v) is 11.9. The van der Waals surface area contributed by atoms with Crippen LogP contribution in [0.1, 0.15) is 202 Å². The van der Waals surface area contributed by atoms with Crippen LogP contribution in [0, 0.1) is 53.3 Å². The molecule has 0 aromatic carbocycles. The van der Waals surface area contributed by atoms with Gasteiger partial charge >= 0.3 is 35.7 Å². The Labute approximate surface area is 694 Å². The van der Waals surface area contributed by atoms with Crippen molar-refractivity contribution in [2.45, 2.75) is 143 Å². The molecule has 0 saturated heterocycles. The molecule has 36 nitrogen and oxygen atoms in total. The summed E-state index contributed by atoms with van der Waals surface area (Å²) in [6.45, 7) is 46.0. The zero-order valence-corrected chi connectivity index (χ0v) is 76.7. The lowest BCUT2D eigenvalue weighted by atomic mass is 9.86. The molecule has 0 aliphatic carbocycles. The van der Waals surface area contributed by atoms with Crippen LogP contribution in [0.2, 0.25) is 0 Å². The lowest BCUT2D eigenvalue weighted by Crippen LogP contribution is -2.42. The molecule has 6 rings (SSSR count). The van der Waals surface area contributed by atoms with Gasteiger partial charge in [-0.15, -0.1) is 0 Å². The summed E-state index contributed by atoms with van der Waals surface area (Å²) in [5.41, 5.74) is 3.52. The van der Waals surface area contributed by atoms with Crippen molar-refractivity contribution in [3.8, 4) is 35.7 Å². The Bertz CT molecular complexity index is 3880. The number of methoxy groups -OCH3 is 6. The van der Waals surface area contributed by atoms with Gasteiger partial charge in [0.05, 0.1) is 77.5 Å². The normalized spacial score (nSPS) is 13.4. The number of hydrogen-bond donors (Lipinski definition) is 6. The molecular weight excluding hydrogens is 1510 g/mol. The Balaban J connectivity index is 0.000000702. The van der Waals surface area contributed by atoms with Crippen LogP contribution in [-0.2, 0) is 0 Å². The third-order valence-electron chi connectivity index (χ3n) is 19.5. The first kappa shape index (κ1) is 106. The van der Waals surface area contributed by atoms with Gasteiger partial charge in [-0.1, -0.05) is 128 Å². The zero-order valence-electron chi connectivity index (χ0n) is 76.7. The largest absolute Gasteiger partial charge is 0.467 e. The molecule has 36 heteroatoms. The SMILES string of the molecule is CCC(C)(CNC(=O)c1cc(OC)on1)CN(C)C.CCC(C)(CNC(=O)c1noc(OC)c1C)CN(C)C.CCN(C)CC(C)(CC)CNC(=O)c1cc(OC)on1.CCN(C)CC(C)(CC)CNC(=O)c1noc(OC)c1C.COc1cc(C(=O)NCC(C)(C)CN(C)C)no1.COc1onc(C(=O)NCC(C)(C)CN(C)C)c1C. The number of carbonyl (C=O) groups is 6. The van der Waals surface area contributed by atoms with Crippen LogP contribution in [0.3, 0.4) is 0 Å². The van der Waals surface area contributed by atoms with Gasteiger partial charge in [-0.25, -0.2) is 0 Å². The van der Waals surface area contributed by atoms with E-state index in [1.807, 2.05) is 56.4 Å². The van der Waals surface area contributed by atoms with Gasteiger partial charge in [0.2, 0.25) is 0 Å². The van der Waals surface area contributed by atoms with Crippen molar-refractivity contribution in [2.75, 3.05) is 205 Å². The first-order valence-corrected chi connectivity index (χ1v) is 39.3. The summed E-state index contributed by atoms with van der Waals surface area (Å²) in [5, 5.41) is 39.6. The quantitative estimate of drug-likeness (QED) is 0.0208. The predicted molar refractivity (Wildman–Crippen MR) is 448 cm³/mol. The molecule has 0 aliphatic rings. The van der Waals surface area contributed by atoms with Gasteiger partial charge in [0.1, 0.15) is 0 Å². The smallest absolute Gasteiger partial charge is 0.314 e. The van der Waals surface area contributed by atoms with Crippen LogP contribution in [0.25, 0.3) is 0 Å². The third kappa shape index (κ3) is 38.3. The van der Waals surface area contributed by atoms with E-state index in [1.54, 1.807) is 20.8 Å². The van der Waals surface area contributed by atoms with Crippen molar-refractivity contribution in [3.05, 3.63) is 69.1 Å². The van der Waals surface area contributed by atoms with Gasteiger partial charge in [-0.05, 0) is 163 Å². The van der Waals surface area contributed by atoms with E-state index in [9.17, 15) is 28.8 Å². The average molecular weight is 1660 g/mol. The van der Waals surface area contributed by atoms with Crippen LogP contribution in [-0.4, -0.2) is 301 Å². The molecule has 0 aliphatic heterocycles. The van der Waals surface area contributed by atoms with E-state index in [2.05, 4.69) is 203 Å². The van der Waals surface area contributed by atoms with Crippen LogP contribution >= 0.6 is 0 Å². The fourth-order valence-electron chi connectivity index (χ4n) is 11.9. The Kier molecular flexibility index (Phi) is 46.1. The number of rotatable bonds is 42. The molecule has 4 atom stereocenters. The first-order chi connectivity index (χ1) is 54.6. The van der Waals surface area contributed by atoms with E-state index in [4.69, 9.17) is 55.6 Å². The highest BCUT2D eigenvalue weighted by molar-refractivity contribution is 5.96. The van der Waals surface area contributed by atoms with E-state index in [0.717, 1.165) is 78.0 Å². The van der Waals surface area contributed by atoms with Crippen molar-refractivity contribution in [1.29, 1.82) is 0 Å². The molecule has 6 amide bonds. The number of nitrogens with one attached hydrogen (secondary N) is 6. The summed E-state index contributed by atoms with van der Waals surface area (Å²) in [5.74, 6) is 0.102. The lowest BCUT2D eigenvalue weighted by Gasteiger charge is -2.32. The molecule has 6 aromatic rings. The number of aromatic nitrogens is 6. The summed E-state index contributed by atoms with van der Waals surface area (Å²) < 4.78 is 58.7. The van der Waals surface area contributed by atoms with Gasteiger partial charge < -0.3 is 117 Å². The van der Waals surface area contributed by atoms with Gasteiger partial charge in [-0.3, -0.25) is 28.8 Å². The van der Waals surface area contributed by atoms with Crippen molar-refractivity contribution in [3.63, 3.8) is 0 Å². The highest BCUT2D eigenvalue weighted by Gasteiger charge is 2.32. The minimum Gasteiger partial charge on any atom is -0.467 e. The molecule has 6 aromatic heterocycles. The van der Waals surface area contributed by atoms with Gasteiger partial charge in [0.15, 0.2) is 34.2 Å². The maximum Gasteiger partial charge on any atom is 0.314 e. The minimum absolute atomic E-state index is 0.00696. The number of hydrogen-bond acceptors (Lipinski definition) is 30. The molecule has 6 N–H and O–H groups in total. The standard InChI is InChI=1S/C15H27N3O3.2C14H25N3O3.2C13H23N3O3.C12H21N3O3/c1-7-15(4,10-18(5)8-2)9-16-13(19)12-11(3)14(20-6)21-17-12;1-7-14(3,9-17(4)5)8-15-12(18)11-10(2)13(19-6)20-16-11;1-6-14(3,10-17(4)7-2)9-15-13(18)11-8-12(19-5)20-16-11;1-9-10(15-19-12(9)18-6)11(17)14-7-13(2,3)8-16(4)5;1-6-13(2,9-16(3)4)8-14-12(17)10-7-11(18-5)19-15-10;1-12(2,8-15(3)4)7-13-11(16)9-6-10(17-5)18-14-9/h7-10H2,1-6H3,(H,16,19);7-9H2,1-6H3,(H,15,18);8H,6-7,9-10H2,1-5H3,(H,15,18);7-8H2,1-6H3,(H,14,17);7H,6,8-9H2,1-5H3,(H,14,17);6H,7-8H2,1-5H3,(H,13,16). The summed E-state index contributed by atoms with van der Waals surface area (Å²) >= 11 is 0. The van der Waals surface area contributed by atoms with E-state index in [0.29, 0.717) is 56.0 Å². The first-order valence-electron chi connectivity index (χ1n) is 39.3. The summed E-state index contributed by atoms with van der Waals surface area (Å²) in [6, 6.07) is 4.43. The Morgan fingerprint density at radius 2 is 0.538 bits per heavy atom. The zero-order chi connectivity index (χ0) is 89.4. The lowest BCUT2D eigenvalue weighted by molar-refractivity contribution is 0.0901. The topological polar surface area (TPSA) is 406 Å². The summed E-state index contributed by atoms with van der Waals surface area (Å²) in [4.78, 5) is 85.0. The van der Waals surface area contributed by atoms with Crippen LogP contribution in [0.15, 0.2) is 45.3 Å². The maximum absolute atomic E-state index is 12.2. The molecule has 6 heterocycles. The number of amides is 6. The summed E-state index contributed by atoms with van der Waals surface area (Å²) in [7, 11) is 29.2. The van der Waals surface area contributed by atoms with Gasteiger partial charge in [0, 0.05) is 78.5 Å². The van der Waals surface area contributed by atoms with Crippen molar-refractivity contribution in [2.24, 2.45) is 32.5 Å². The van der Waals surface area contributed by atoms with Crippen LogP contribution in [0.4, 0.5) is 0 Å². The van der Waals surface area contributed by atoms with Crippen molar-refractivity contribution in [1.82, 2.24) is 92.2 Å². The predicted octanol–water partition coefficient (Wildman–Crippen LogP) is 9.27. The minimum atomic E-state index is -0.256. The van der Waals surface area contributed by atoms with E-state index >= 15 is 0 Å². The van der Waals surface area contributed by atoms with Crippen molar-refractivity contribution < 1.29 is 84.3 Å². The highest BCUT2D eigenvalue weighted by atomic mass is 16.6. The second-order valence-corrected chi connectivity index (χ2v) is 33.3. The Morgan fingerprint density at radius 1 is 0.316 bits per heavy atom. The Hall–Kier alpha value is -9.36. The molecule has 4 unspecified atom stereocenters. The highest BCUT2D eigenvalue weighted by Crippen LogP contribution is 2.28. The monoisotopic (exact) mass is 1660 g/mol. The number of nitrogens with zero attached hydrogens (tertiary/aromatic N) is 12. The molecule has 0 radical (unpaired) electrons. The molecule has 0 bridgehead atoms. The number of carbonyl (C=O) groups excluding carboxylic acids is 6. The van der Waals surface area contributed by atoms with E-state index in [-0.39, 0.29) is 138 Å². The second kappa shape index (κ2) is 51.1. The van der Waals surface area contributed by atoms with Crippen molar-refractivity contribution >= 4 is 35.4 Å². The number of ether oxygens (including phenoxy) is 6. The maximum atomic E-state index is 12.2. The van der Waals surface area contributed by atoms with E-state index in [1.165, 1.54) is 60.9 Å². The molecule has 0 saturated carbocycles. The molecule has 666 valence electrons. The van der Waals surface area contributed by atoms with Gasteiger partial charge in [-0.2, -0.15) is 0 Å². The molecule has 0 fully saturated rings. The van der Waals surface area contributed by atoms with Gasteiger partial charge in [0.25, 0.3) is 35.4 Å².